The molecule has 0 spiro atoms. The number of nitrogens with one attached hydrogen (secondary N) is 1. The first-order valence-electron chi connectivity index (χ1n) is 7.09. The van der Waals surface area contributed by atoms with Crippen LogP contribution >= 0.6 is 11.3 Å². The Morgan fingerprint density at radius 2 is 2.24 bits per heavy atom. The third kappa shape index (κ3) is 2.47. The van der Waals surface area contributed by atoms with Crippen molar-refractivity contribution >= 4 is 16.5 Å². The molecule has 0 unspecified atom stereocenters. The molecule has 3 rings (SSSR count). The maximum Gasteiger partial charge on any atom is 0.260 e. The van der Waals surface area contributed by atoms with Crippen LogP contribution in [0.15, 0.2) is 10.9 Å². The highest BCUT2D eigenvalue weighted by molar-refractivity contribution is 7.18. The molecule has 0 bridgehead atoms. The Morgan fingerprint density at radius 1 is 1.43 bits per heavy atom. The second-order valence-electron chi connectivity index (χ2n) is 5.18. The minimum Gasteiger partial charge on any atom is -0.363 e. The van der Waals surface area contributed by atoms with Crippen molar-refractivity contribution in [3.63, 3.8) is 0 Å². The van der Waals surface area contributed by atoms with Gasteiger partial charge in [0.05, 0.1) is 5.56 Å². The number of likely N-dealkylation sites (N-methyl/N-ethyl adjacent to an activating group) is 1. The first kappa shape index (κ1) is 14.2. The molecular weight excluding hydrogens is 286 g/mol. The predicted octanol–water partition coefficient (Wildman–Crippen LogP) is 1.32. The number of pyridine rings is 1. The fourth-order valence-corrected chi connectivity index (χ4v) is 3.45. The van der Waals surface area contributed by atoms with E-state index >= 15 is 0 Å². The molecule has 21 heavy (non-hydrogen) atoms. The summed E-state index contributed by atoms with van der Waals surface area (Å²) < 4.78 is 1.78. The van der Waals surface area contributed by atoms with E-state index < -0.39 is 0 Å². The van der Waals surface area contributed by atoms with E-state index in [1.807, 2.05) is 13.1 Å². The fourth-order valence-electron chi connectivity index (χ4n) is 2.74. The van der Waals surface area contributed by atoms with Crippen LogP contribution in [0.4, 0.5) is 5.13 Å². The van der Waals surface area contributed by atoms with E-state index in [9.17, 15) is 4.79 Å². The summed E-state index contributed by atoms with van der Waals surface area (Å²) in [4.78, 5) is 14.9. The molecule has 1 N–H and O–H groups in total. The summed E-state index contributed by atoms with van der Waals surface area (Å²) in [7, 11) is 3.65. The minimum atomic E-state index is 0.0116. The van der Waals surface area contributed by atoms with E-state index in [2.05, 4.69) is 27.3 Å². The molecule has 1 aliphatic rings. The van der Waals surface area contributed by atoms with Crippen molar-refractivity contribution in [2.24, 2.45) is 7.05 Å². The number of rotatable bonds is 3. The van der Waals surface area contributed by atoms with E-state index in [1.165, 1.54) is 16.9 Å². The molecule has 0 saturated carbocycles. The van der Waals surface area contributed by atoms with Crippen molar-refractivity contribution in [2.45, 2.75) is 19.9 Å². The van der Waals surface area contributed by atoms with Gasteiger partial charge in [-0.05, 0) is 18.2 Å². The smallest absolute Gasteiger partial charge is 0.260 e. The van der Waals surface area contributed by atoms with Crippen LogP contribution in [0.1, 0.15) is 18.2 Å². The van der Waals surface area contributed by atoms with Crippen molar-refractivity contribution in [3.8, 4) is 10.6 Å². The third-order valence-electron chi connectivity index (χ3n) is 4.00. The standard InChI is InChI=1S/C14H19N5OS/c1-4-19-6-5-11-9(8-19)7-10(13(20)18(11)3)12-16-17-14(15-2)21-12/h7H,4-6,8H2,1-3H3,(H,15,17). The van der Waals surface area contributed by atoms with Crippen LogP contribution in [0.2, 0.25) is 0 Å². The lowest BCUT2D eigenvalue weighted by Gasteiger charge is -2.29. The molecule has 6 nitrogen and oxygen atoms in total. The minimum absolute atomic E-state index is 0.0116. The molecule has 2 aromatic heterocycles. The van der Waals surface area contributed by atoms with Crippen LogP contribution in [0.5, 0.6) is 0 Å². The van der Waals surface area contributed by atoms with E-state index in [0.717, 1.165) is 36.9 Å². The van der Waals surface area contributed by atoms with Gasteiger partial charge in [0, 0.05) is 39.3 Å². The van der Waals surface area contributed by atoms with Crippen LogP contribution in [0.25, 0.3) is 10.6 Å². The molecule has 0 saturated heterocycles. The Morgan fingerprint density at radius 3 is 2.90 bits per heavy atom. The van der Waals surface area contributed by atoms with Crippen LogP contribution < -0.4 is 10.9 Å². The first-order chi connectivity index (χ1) is 10.1. The monoisotopic (exact) mass is 305 g/mol. The maximum atomic E-state index is 12.6. The van der Waals surface area contributed by atoms with Crippen molar-refractivity contribution in [1.82, 2.24) is 19.7 Å². The summed E-state index contributed by atoms with van der Waals surface area (Å²) in [6.07, 6.45) is 0.924. The Hall–Kier alpha value is -1.73. The molecule has 0 aromatic carbocycles. The number of anilines is 1. The van der Waals surface area contributed by atoms with Gasteiger partial charge in [-0.2, -0.15) is 0 Å². The molecule has 0 aliphatic carbocycles. The van der Waals surface area contributed by atoms with Crippen LogP contribution in [-0.2, 0) is 20.0 Å². The van der Waals surface area contributed by atoms with Gasteiger partial charge in [-0.1, -0.05) is 18.3 Å². The topological polar surface area (TPSA) is 63.1 Å². The highest BCUT2D eigenvalue weighted by Gasteiger charge is 2.21. The quantitative estimate of drug-likeness (QED) is 0.927. The zero-order valence-electron chi connectivity index (χ0n) is 12.5. The lowest BCUT2D eigenvalue weighted by Crippen LogP contribution is -2.35. The lowest BCUT2D eigenvalue weighted by atomic mass is 10.0. The van der Waals surface area contributed by atoms with E-state index in [0.29, 0.717) is 10.6 Å². The predicted molar refractivity (Wildman–Crippen MR) is 84.8 cm³/mol. The van der Waals surface area contributed by atoms with Gasteiger partial charge < -0.3 is 9.88 Å². The first-order valence-corrected chi connectivity index (χ1v) is 7.91. The second-order valence-corrected chi connectivity index (χ2v) is 6.15. The SMILES string of the molecule is CCN1CCc2c(cc(-c3nnc(NC)s3)c(=O)n2C)C1. The number of nitrogens with zero attached hydrogens (tertiary/aromatic N) is 4. The summed E-state index contributed by atoms with van der Waals surface area (Å²) in [5, 5.41) is 12.5. The Bertz CT molecular complexity index is 721. The molecule has 2 aromatic rings. The largest absolute Gasteiger partial charge is 0.363 e. The normalized spacial score (nSPS) is 15.0. The third-order valence-corrected chi connectivity index (χ3v) is 4.98. The van der Waals surface area contributed by atoms with Gasteiger partial charge in [0.25, 0.3) is 5.56 Å². The van der Waals surface area contributed by atoms with Gasteiger partial charge in [-0.15, -0.1) is 10.2 Å². The van der Waals surface area contributed by atoms with Gasteiger partial charge in [0.15, 0.2) is 5.01 Å². The summed E-state index contributed by atoms with van der Waals surface area (Å²) in [6, 6.07) is 2.00. The summed E-state index contributed by atoms with van der Waals surface area (Å²) >= 11 is 1.41. The van der Waals surface area contributed by atoms with Crippen molar-refractivity contribution in [2.75, 3.05) is 25.5 Å². The molecule has 112 valence electrons. The Kier molecular flexibility index (Phi) is 3.77. The van der Waals surface area contributed by atoms with Crippen LogP contribution in [0.3, 0.4) is 0 Å². The van der Waals surface area contributed by atoms with Gasteiger partial charge >= 0.3 is 0 Å². The highest BCUT2D eigenvalue weighted by Crippen LogP contribution is 2.27. The van der Waals surface area contributed by atoms with Crippen molar-refractivity contribution in [1.29, 1.82) is 0 Å². The van der Waals surface area contributed by atoms with Gasteiger partial charge in [0.2, 0.25) is 5.13 Å². The van der Waals surface area contributed by atoms with Crippen molar-refractivity contribution in [3.05, 3.63) is 27.7 Å². The molecular formula is C14H19N5OS. The maximum absolute atomic E-state index is 12.6. The number of aromatic nitrogens is 3. The van der Waals surface area contributed by atoms with Gasteiger partial charge in [-0.3, -0.25) is 9.69 Å². The Labute approximate surface area is 127 Å². The molecule has 0 atom stereocenters. The lowest BCUT2D eigenvalue weighted by molar-refractivity contribution is 0.263. The zero-order chi connectivity index (χ0) is 15.0. The highest BCUT2D eigenvalue weighted by atomic mass is 32.1. The average molecular weight is 305 g/mol. The van der Waals surface area contributed by atoms with E-state index in [4.69, 9.17) is 0 Å². The van der Waals surface area contributed by atoms with Crippen LogP contribution in [-0.4, -0.2) is 39.8 Å². The number of fused-ring (bicyclic) bond motifs is 1. The molecule has 0 radical (unpaired) electrons. The summed E-state index contributed by atoms with van der Waals surface area (Å²) in [5.41, 5.74) is 3.03. The molecule has 1 aliphatic heterocycles. The number of hydrogen-bond donors (Lipinski definition) is 1. The molecule has 0 amide bonds. The summed E-state index contributed by atoms with van der Waals surface area (Å²) in [5.74, 6) is 0. The van der Waals surface area contributed by atoms with Crippen molar-refractivity contribution < 1.29 is 0 Å². The Balaban J connectivity index is 2.10. The van der Waals surface area contributed by atoms with E-state index in [1.54, 1.807) is 11.6 Å². The van der Waals surface area contributed by atoms with Gasteiger partial charge in [-0.25, -0.2) is 0 Å². The number of hydrogen-bond acceptors (Lipinski definition) is 6. The van der Waals surface area contributed by atoms with Gasteiger partial charge in [0.1, 0.15) is 0 Å². The van der Waals surface area contributed by atoms with E-state index in [-0.39, 0.29) is 5.56 Å². The summed E-state index contributed by atoms with van der Waals surface area (Å²) in [6.45, 7) is 5.10. The molecule has 7 heteroatoms. The zero-order valence-corrected chi connectivity index (χ0v) is 13.3. The second kappa shape index (κ2) is 5.57. The molecule has 3 heterocycles. The van der Waals surface area contributed by atoms with Crippen LogP contribution in [0, 0.1) is 0 Å². The molecule has 0 fully saturated rings. The average Bonchev–Trinajstić information content (AvgIpc) is 2.99. The fraction of sp³-hybridized carbons (Fsp3) is 0.500.